The average Bonchev–Trinajstić information content (AvgIpc) is 2.39. The number of aromatic carboxylic acids is 1. The highest BCUT2D eigenvalue weighted by molar-refractivity contribution is 7.89. The van der Waals surface area contributed by atoms with Crippen LogP contribution in [0.2, 0.25) is 10.0 Å². The fourth-order valence-corrected chi connectivity index (χ4v) is 4.18. The molecule has 0 saturated carbocycles. The molecular formula is C11H13Cl3N2O4S. The molecule has 2 rings (SSSR count). The zero-order chi connectivity index (χ0) is 14.9. The standard InChI is InChI=1S/C11H12Cl2N2O4S.ClH/c12-8-6-9(13)10(5-7(8)11(16)17)20(18,19)15-3-1-14-2-4-15;/h5-6,14H,1-4H2,(H,16,17);1H. The molecule has 1 fully saturated rings. The van der Waals surface area contributed by atoms with Crippen LogP contribution in [-0.4, -0.2) is 50.0 Å². The van der Waals surface area contributed by atoms with Crippen LogP contribution < -0.4 is 5.32 Å². The van der Waals surface area contributed by atoms with Gasteiger partial charge in [0.15, 0.2) is 0 Å². The number of carbonyl (C=O) groups is 1. The molecule has 0 aromatic heterocycles. The third kappa shape index (κ3) is 3.80. The van der Waals surface area contributed by atoms with E-state index in [4.69, 9.17) is 28.3 Å². The number of carboxylic acid groups (broad SMARTS) is 1. The van der Waals surface area contributed by atoms with E-state index in [2.05, 4.69) is 5.32 Å². The number of carboxylic acids is 1. The van der Waals surface area contributed by atoms with Crippen molar-refractivity contribution in [3.63, 3.8) is 0 Å². The Morgan fingerprint density at radius 2 is 1.76 bits per heavy atom. The second kappa shape index (κ2) is 7.13. The summed E-state index contributed by atoms with van der Waals surface area (Å²) in [5.74, 6) is -1.30. The predicted octanol–water partition coefficient (Wildman–Crippen LogP) is 1.71. The van der Waals surface area contributed by atoms with E-state index in [0.717, 1.165) is 12.1 Å². The molecule has 0 bridgehead atoms. The SMILES string of the molecule is Cl.O=C(O)c1cc(S(=O)(=O)N2CCNCC2)c(Cl)cc1Cl. The van der Waals surface area contributed by atoms with Gasteiger partial charge in [-0.25, -0.2) is 13.2 Å². The minimum atomic E-state index is -3.83. The molecule has 0 amide bonds. The van der Waals surface area contributed by atoms with Gasteiger partial charge in [-0.2, -0.15) is 4.31 Å². The molecule has 10 heteroatoms. The van der Waals surface area contributed by atoms with Crippen LogP contribution in [0.25, 0.3) is 0 Å². The number of hydrogen-bond acceptors (Lipinski definition) is 4. The molecule has 0 unspecified atom stereocenters. The molecule has 118 valence electrons. The molecule has 0 aliphatic carbocycles. The van der Waals surface area contributed by atoms with E-state index in [1.807, 2.05) is 0 Å². The largest absolute Gasteiger partial charge is 0.478 e. The van der Waals surface area contributed by atoms with Gasteiger partial charge < -0.3 is 10.4 Å². The number of benzene rings is 1. The van der Waals surface area contributed by atoms with Crippen LogP contribution in [0.3, 0.4) is 0 Å². The van der Waals surface area contributed by atoms with Gasteiger partial charge in [0.1, 0.15) is 4.90 Å². The van der Waals surface area contributed by atoms with Crippen LogP contribution in [0.4, 0.5) is 0 Å². The number of hydrogen-bond donors (Lipinski definition) is 2. The van der Waals surface area contributed by atoms with Gasteiger partial charge in [-0.3, -0.25) is 0 Å². The smallest absolute Gasteiger partial charge is 0.337 e. The number of halogens is 3. The molecule has 6 nitrogen and oxygen atoms in total. The number of rotatable bonds is 3. The van der Waals surface area contributed by atoms with Gasteiger partial charge >= 0.3 is 5.97 Å². The molecular weight excluding hydrogens is 363 g/mol. The van der Waals surface area contributed by atoms with E-state index in [-0.39, 0.29) is 32.9 Å². The second-order valence-electron chi connectivity index (χ2n) is 4.22. The summed E-state index contributed by atoms with van der Waals surface area (Å²) in [6.07, 6.45) is 0. The maximum Gasteiger partial charge on any atom is 0.337 e. The predicted molar refractivity (Wildman–Crippen MR) is 82.3 cm³/mol. The molecule has 1 aliphatic heterocycles. The Morgan fingerprint density at radius 3 is 2.29 bits per heavy atom. The van der Waals surface area contributed by atoms with Crippen molar-refractivity contribution in [1.82, 2.24) is 9.62 Å². The summed E-state index contributed by atoms with van der Waals surface area (Å²) in [7, 11) is -3.83. The topological polar surface area (TPSA) is 86.7 Å². The van der Waals surface area contributed by atoms with E-state index in [0.29, 0.717) is 26.2 Å². The van der Waals surface area contributed by atoms with Crippen molar-refractivity contribution >= 4 is 51.6 Å². The van der Waals surface area contributed by atoms with Crippen molar-refractivity contribution in [2.24, 2.45) is 0 Å². The quantitative estimate of drug-likeness (QED) is 0.840. The fourth-order valence-electron chi connectivity index (χ4n) is 1.91. The molecule has 0 spiro atoms. The van der Waals surface area contributed by atoms with Crippen molar-refractivity contribution in [3.05, 3.63) is 27.7 Å². The summed E-state index contributed by atoms with van der Waals surface area (Å²) in [6.45, 7) is 1.69. The zero-order valence-corrected chi connectivity index (χ0v) is 13.8. The summed E-state index contributed by atoms with van der Waals surface area (Å²) >= 11 is 11.7. The van der Waals surface area contributed by atoms with Crippen molar-refractivity contribution in [1.29, 1.82) is 0 Å². The maximum absolute atomic E-state index is 12.5. The van der Waals surface area contributed by atoms with E-state index in [1.54, 1.807) is 0 Å². The third-order valence-corrected chi connectivity index (χ3v) is 5.62. The Kier molecular flexibility index (Phi) is 6.27. The Morgan fingerprint density at radius 1 is 1.19 bits per heavy atom. The molecule has 1 saturated heterocycles. The highest BCUT2D eigenvalue weighted by atomic mass is 35.5. The Hall–Kier alpha value is -0.570. The first-order chi connectivity index (χ1) is 9.34. The fraction of sp³-hybridized carbons (Fsp3) is 0.364. The van der Waals surface area contributed by atoms with Crippen LogP contribution in [-0.2, 0) is 10.0 Å². The van der Waals surface area contributed by atoms with Gasteiger partial charge in [0, 0.05) is 26.2 Å². The lowest BCUT2D eigenvalue weighted by atomic mass is 10.2. The van der Waals surface area contributed by atoms with Crippen LogP contribution in [0, 0.1) is 0 Å². The van der Waals surface area contributed by atoms with E-state index >= 15 is 0 Å². The molecule has 1 aromatic carbocycles. The third-order valence-electron chi connectivity index (χ3n) is 2.95. The Balaban J connectivity index is 0.00000220. The van der Waals surface area contributed by atoms with Gasteiger partial charge in [-0.1, -0.05) is 23.2 Å². The van der Waals surface area contributed by atoms with Crippen LogP contribution >= 0.6 is 35.6 Å². The highest BCUT2D eigenvalue weighted by Crippen LogP contribution is 2.30. The van der Waals surface area contributed by atoms with Crippen molar-refractivity contribution < 1.29 is 18.3 Å². The summed E-state index contributed by atoms with van der Waals surface area (Å²) in [6, 6.07) is 2.14. The van der Waals surface area contributed by atoms with Gasteiger partial charge in [-0.05, 0) is 12.1 Å². The molecule has 1 aliphatic rings. The van der Waals surface area contributed by atoms with Crippen molar-refractivity contribution in [2.75, 3.05) is 26.2 Å². The lowest BCUT2D eigenvalue weighted by molar-refractivity contribution is 0.0697. The molecule has 0 radical (unpaired) electrons. The zero-order valence-electron chi connectivity index (χ0n) is 10.7. The second-order valence-corrected chi connectivity index (χ2v) is 6.94. The minimum Gasteiger partial charge on any atom is -0.478 e. The lowest BCUT2D eigenvalue weighted by Crippen LogP contribution is -2.46. The Bertz CT molecular complexity index is 645. The molecule has 1 aromatic rings. The van der Waals surface area contributed by atoms with Gasteiger partial charge in [0.05, 0.1) is 15.6 Å². The molecule has 0 atom stereocenters. The molecule has 1 heterocycles. The van der Waals surface area contributed by atoms with E-state index < -0.39 is 16.0 Å². The first-order valence-electron chi connectivity index (χ1n) is 5.77. The van der Waals surface area contributed by atoms with Crippen molar-refractivity contribution in [3.8, 4) is 0 Å². The highest BCUT2D eigenvalue weighted by Gasteiger charge is 2.29. The number of sulfonamides is 1. The van der Waals surface area contributed by atoms with Crippen LogP contribution in [0.1, 0.15) is 10.4 Å². The summed E-state index contributed by atoms with van der Waals surface area (Å²) in [5, 5.41) is 11.9. The molecule has 2 N–H and O–H groups in total. The monoisotopic (exact) mass is 374 g/mol. The van der Waals surface area contributed by atoms with Gasteiger partial charge in [-0.15, -0.1) is 12.4 Å². The first kappa shape index (κ1) is 18.5. The van der Waals surface area contributed by atoms with Crippen LogP contribution in [0.15, 0.2) is 17.0 Å². The molecule has 21 heavy (non-hydrogen) atoms. The van der Waals surface area contributed by atoms with Gasteiger partial charge in [0.25, 0.3) is 0 Å². The minimum absolute atomic E-state index is 0. The van der Waals surface area contributed by atoms with Gasteiger partial charge in [0.2, 0.25) is 10.0 Å². The number of nitrogens with zero attached hydrogens (tertiary/aromatic N) is 1. The first-order valence-corrected chi connectivity index (χ1v) is 7.97. The van der Waals surface area contributed by atoms with E-state index in [9.17, 15) is 13.2 Å². The normalized spacial score (nSPS) is 16.3. The average molecular weight is 376 g/mol. The number of piperazine rings is 1. The summed E-state index contributed by atoms with van der Waals surface area (Å²) < 4.78 is 26.2. The van der Waals surface area contributed by atoms with E-state index in [1.165, 1.54) is 4.31 Å². The lowest BCUT2D eigenvalue weighted by Gasteiger charge is -2.27. The summed E-state index contributed by atoms with van der Waals surface area (Å²) in [5.41, 5.74) is -0.287. The summed E-state index contributed by atoms with van der Waals surface area (Å²) in [4.78, 5) is 10.8. The maximum atomic E-state index is 12.5. The van der Waals surface area contributed by atoms with Crippen molar-refractivity contribution in [2.45, 2.75) is 4.90 Å². The Labute approximate surface area is 138 Å². The van der Waals surface area contributed by atoms with Crippen LogP contribution in [0.5, 0.6) is 0 Å². The number of nitrogens with one attached hydrogen (secondary N) is 1.